The van der Waals surface area contributed by atoms with E-state index in [0.717, 1.165) is 18.0 Å². The fourth-order valence-electron chi connectivity index (χ4n) is 1.97. The maximum atomic E-state index is 13.0. The van der Waals surface area contributed by atoms with Gasteiger partial charge in [0.15, 0.2) is 5.82 Å². The first-order valence-corrected chi connectivity index (χ1v) is 6.56. The maximum absolute atomic E-state index is 13.0. The quantitative estimate of drug-likeness (QED) is 0.867. The highest BCUT2D eigenvalue weighted by atomic mass is 19.1. The van der Waals surface area contributed by atoms with Gasteiger partial charge in [-0.3, -0.25) is 0 Å². The summed E-state index contributed by atoms with van der Waals surface area (Å²) in [7, 11) is 0. The summed E-state index contributed by atoms with van der Waals surface area (Å²) in [4.78, 5) is 4.29. The normalized spacial score (nSPS) is 14.8. The fraction of sp³-hybridized carbons (Fsp3) is 0.429. The molecule has 1 aromatic heterocycles. The molecule has 0 spiro atoms. The average Bonchev–Trinajstić information content (AvgIpc) is 3.10. The molecule has 1 saturated carbocycles. The molecule has 1 heterocycles. The van der Waals surface area contributed by atoms with Gasteiger partial charge in [-0.1, -0.05) is 17.3 Å². The summed E-state index contributed by atoms with van der Waals surface area (Å²) in [6.07, 6.45) is 3.13. The molecular weight excluding hydrogens is 245 g/mol. The molecule has 0 saturated heterocycles. The Morgan fingerprint density at radius 2 is 2.26 bits per heavy atom. The van der Waals surface area contributed by atoms with Crippen LogP contribution in [-0.4, -0.2) is 16.7 Å². The minimum Gasteiger partial charge on any atom is -0.338 e. The van der Waals surface area contributed by atoms with Gasteiger partial charge in [-0.15, -0.1) is 0 Å². The van der Waals surface area contributed by atoms with Crippen LogP contribution in [0.15, 0.2) is 28.8 Å². The summed E-state index contributed by atoms with van der Waals surface area (Å²) >= 11 is 0. The second kappa shape index (κ2) is 5.48. The van der Waals surface area contributed by atoms with Gasteiger partial charge in [0.2, 0.25) is 5.89 Å². The van der Waals surface area contributed by atoms with Gasteiger partial charge in [0.25, 0.3) is 0 Å². The van der Waals surface area contributed by atoms with E-state index in [-0.39, 0.29) is 5.82 Å². The molecule has 1 aromatic carbocycles. The molecule has 0 unspecified atom stereocenters. The lowest BCUT2D eigenvalue weighted by molar-refractivity contribution is 0.362. The van der Waals surface area contributed by atoms with Crippen LogP contribution in [0.1, 0.15) is 30.1 Å². The highest BCUT2D eigenvalue weighted by Crippen LogP contribution is 2.27. The molecule has 1 fully saturated rings. The van der Waals surface area contributed by atoms with Gasteiger partial charge < -0.3 is 9.84 Å². The third-order valence-corrected chi connectivity index (χ3v) is 3.17. The zero-order valence-electron chi connectivity index (χ0n) is 10.6. The SMILES string of the molecule is Fc1cccc(Cc2noc(CNCC3CC3)n2)c1. The summed E-state index contributed by atoms with van der Waals surface area (Å²) in [6, 6.07) is 6.45. The third kappa shape index (κ3) is 3.61. The lowest BCUT2D eigenvalue weighted by atomic mass is 10.1. The minimum absolute atomic E-state index is 0.243. The van der Waals surface area contributed by atoms with Crippen LogP contribution in [0.2, 0.25) is 0 Å². The molecule has 0 atom stereocenters. The molecule has 1 aliphatic rings. The van der Waals surface area contributed by atoms with Crippen LogP contribution in [0.4, 0.5) is 4.39 Å². The molecule has 100 valence electrons. The largest absolute Gasteiger partial charge is 0.338 e. The van der Waals surface area contributed by atoms with E-state index in [1.807, 2.05) is 6.07 Å². The predicted octanol–water partition coefficient (Wildman–Crippen LogP) is 2.30. The Labute approximate surface area is 111 Å². The van der Waals surface area contributed by atoms with Crippen molar-refractivity contribution in [1.29, 1.82) is 0 Å². The Balaban J connectivity index is 1.54. The van der Waals surface area contributed by atoms with Crippen molar-refractivity contribution in [3.8, 4) is 0 Å². The Morgan fingerprint density at radius 3 is 3.05 bits per heavy atom. The molecule has 0 amide bonds. The summed E-state index contributed by atoms with van der Waals surface area (Å²) in [6.45, 7) is 1.62. The van der Waals surface area contributed by atoms with E-state index in [4.69, 9.17) is 4.52 Å². The zero-order chi connectivity index (χ0) is 13.1. The van der Waals surface area contributed by atoms with Crippen molar-refractivity contribution in [1.82, 2.24) is 15.5 Å². The Kier molecular flexibility index (Phi) is 3.55. The van der Waals surface area contributed by atoms with Crippen LogP contribution >= 0.6 is 0 Å². The lowest BCUT2D eigenvalue weighted by Gasteiger charge is -1.97. The second-order valence-electron chi connectivity index (χ2n) is 4.99. The predicted molar refractivity (Wildman–Crippen MR) is 67.9 cm³/mol. The molecule has 0 aliphatic heterocycles. The van der Waals surface area contributed by atoms with Gasteiger partial charge in [0.1, 0.15) is 5.82 Å². The van der Waals surface area contributed by atoms with E-state index in [9.17, 15) is 4.39 Å². The van der Waals surface area contributed by atoms with Crippen LogP contribution in [0, 0.1) is 11.7 Å². The van der Waals surface area contributed by atoms with Gasteiger partial charge in [-0.2, -0.15) is 4.98 Å². The molecule has 2 aromatic rings. The highest BCUT2D eigenvalue weighted by molar-refractivity contribution is 5.19. The van der Waals surface area contributed by atoms with E-state index in [0.29, 0.717) is 24.7 Å². The maximum Gasteiger partial charge on any atom is 0.240 e. The molecule has 19 heavy (non-hydrogen) atoms. The molecule has 4 nitrogen and oxygen atoms in total. The van der Waals surface area contributed by atoms with Crippen LogP contribution in [0.3, 0.4) is 0 Å². The molecule has 5 heteroatoms. The van der Waals surface area contributed by atoms with Crippen molar-refractivity contribution in [2.75, 3.05) is 6.54 Å². The number of benzene rings is 1. The van der Waals surface area contributed by atoms with Gasteiger partial charge in [-0.25, -0.2) is 4.39 Å². The van der Waals surface area contributed by atoms with Crippen molar-refractivity contribution in [2.45, 2.75) is 25.8 Å². The van der Waals surface area contributed by atoms with Crippen LogP contribution in [-0.2, 0) is 13.0 Å². The first kappa shape index (κ1) is 12.3. The molecule has 0 radical (unpaired) electrons. The van der Waals surface area contributed by atoms with Gasteiger partial charge in [0.05, 0.1) is 6.54 Å². The number of halogens is 1. The second-order valence-corrected chi connectivity index (χ2v) is 4.99. The third-order valence-electron chi connectivity index (χ3n) is 3.17. The van der Waals surface area contributed by atoms with E-state index < -0.39 is 0 Å². The minimum atomic E-state index is -0.243. The number of aromatic nitrogens is 2. The van der Waals surface area contributed by atoms with Crippen LogP contribution in [0.25, 0.3) is 0 Å². The first-order chi connectivity index (χ1) is 9.29. The monoisotopic (exact) mass is 261 g/mol. The number of nitrogens with zero attached hydrogens (tertiary/aromatic N) is 2. The number of hydrogen-bond acceptors (Lipinski definition) is 4. The number of hydrogen-bond donors (Lipinski definition) is 1. The molecule has 3 rings (SSSR count). The Bertz CT molecular complexity index is 551. The molecule has 0 bridgehead atoms. The summed E-state index contributed by atoms with van der Waals surface area (Å²) < 4.78 is 18.2. The van der Waals surface area contributed by atoms with Crippen molar-refractivity contribution < 1.29 is 8.91 Å². The van der Waals surface area contributed by atoms with E-state index in [1.54, 1.807) is 6.07 Å². The number of rotatable bonds is 6. The van der Waals surface area contributed by atoms with E-state index in [1.165, 1.54) is 25.0 Å². The standard InChI is InChI=1S/C14H16FN3O/c15-12-3-1-2-11(6-12)7-13-17-14(19-18-13)9-16-8-10-4-5-10/h1-3,6,10,16H,4-5,7-9H2. The smallest absolute Gasteiger partial charge is 0.240 e. The van der Waals surface area contributed by atoms with Gasteiger partial charge >= 0.3 is 0 Å². The number of nitrogens with one attached hydrogen (secondary N) is 1. The van der Waals surface area contributed by atoms with Crippen molar-refractivity contribution in [3.05, 3.63) is 47.4 Å². The average molecular weight is 261 g/mol. The van der Waals surface area contributed by atoms with Crippen molar-refractivity contribution in [3.63, 3.8) is 0 Å². The van der Waals surface area contributed by atoms with Crippen molar-refractivity contribution >= 4 is 0 Å². The van der Waals surface area contributed by atoms with E-state index in [2.05, 4.69) is 15.5 Å². The van der Waals surface area contributed by atoms with E-state index >= 15 is 0 Å². The molecular formula is C14H16FN3O. The van der Waals surface area contributed by atoms with Crippen molar-refractivity contribution in [2.24, 2.45) is 5.92 Å². The first-order valence-electron chi connectivity index (χ1n) is 6.56. The molecule has 1 N–H and O–H groups in total. The van der Waals surface area contributed by atoms with Crippen LogP contribution in [0.5, 0.6) is 0 Å². The van der Waals surface area contributed by atoms with Gasteiger partial charge in [-0.05, 0) is 43.0 Å². The van der Waals surface area contributed by atoms with Crippen LogP contribution < -0.4 is 5.32 Å². The molecule has 1 aliphatic carbocycles. The van der Waals surface area contributed by atoms with Gasteiger partial charge in [0, 0.05) is 6.42 Å². The lowest BCUT2D eigenvalue weighted by Crippen LogP contribution is -2.16. The fourth-order valence-corrected chi connectivity index (χ4v) is 1.97. The Hall–Kier alpha value is -1.75. The summed E-state index contributed by atoms with van der Waals surface area (Å²) in [5.74, 6) is 1.77. The Morgan fingerprint density at radius 1 is 1.37 bits per heavy atom. The summed E-state index contributed by atoms with van der Waals surface area (Å²) in [5, 5.41) is 7.20. The highest BCUT2D eigenvalue weighted by Gasteiger charge is 2.20. The summed E-state index contributed by atoms with van der Waals surface area (Å²) in [5.41, 5.74) is 0.846. The zero-order valence-corrected chi connectivity index (χ0v) is 10.6. The topological polar surface area (TPSA) is 51.0 Å².